The number of hydrogen-bond acceptors (Lipinski definition) is 7. The fourth-order valence-electron chi connectivity index (χ4n) is 3.18. The molecule has 3 aromatic rings. The minimum absolute atomic E-state index is 0.0549. The number of nitrogens with one attached hydrogen (secondary N) is 1. The van der Waals surface area contributed by atoms with Gasteiger partial charge >= 0.3 is 0 Å². The summed E-state index contributed by atoms with van der Waals surface area (Å²) >= 11 is 0.761. The molecule has 1 aliphatic heterocycles. The molecule has 0 bridgehead atoms. The SMILES string of the molecule is O=C(COc1ccccc1)Nc1ccc(CN2C(=O)SC(=Cc3cccc(O)c3O)C2=O)cc1. The standard InChI is InChI=1S/C25H20N2O6S/c28-20-8-4-5-17(23(20)30)13-21-24(31)27(25(32)34-21)14-16-9-11-18(12-10-16)26-22(29)15-33-19-6-2-1-3-7-19/h1-13,28,30H,14-15H2,(H,26,29). The smallest absolute Gasteiger partial charge is 0.293 e. The second-order valence-corrected chi connectivity index (χ2v) is 8.32. The van der Waals surface area contributed by atoms with Crippen LogP contribution in [0.15, 0.2) is 77.7 Å². The number of carbonyl (C=O) groups is 3. The number of aromatic hydroxyl groups is 2. The van der Waals surface area contributed by atoms with Crippen molar-refractivity contribution in [3.63, 3.8) is 0 Å². The molecule has 0 unspecified atom stereocenters. The second-order valence-electron chi connectivity index (χ2n) is 7.33. The number of imide groups is 1. The van der Waals surface area contributed by atoms with Crippen LogP contribution in [0.5, 0.6) is 17.2 Å². The third-order valence-electron chi connectivity index (χ3n) is 4.90. The summed E-state index contributed by atoms with van der Waals surface area (Å²) in [6.45, 7) is -0.0804. The fourth-order valence-corrected chi connectivity index (χ4v) is 4.01. The van der Waals surface area contributed by atoms with Crippen LogP contribution in [0.4, 0.5) is 10.5 Å². The predicted octanol–water partition coefficient (Wildman–Crippen LogP) is 4.35. The highest BCUT2D eigenvalue weighted by Crippen LogP contribution is 2.36. The molecule has 1 heterocycles. The van der Waals surface area contributed by atoms with Gasteiger partial charge in [0.15, 0.2) is 18.1 Å². The van der Waals surface area contributed by atoms with E-state index in [0.29, 0.717) is 17.0 Å². The van der Waals surface area contributed by atoms with Crippen molar-refractivity contribution in [2.24, 2.45) is 0 Å². The van der Waals surface area contributed by atoms with Gasteiger partial charge in [-0.15, -0.1) is 0 Å². The van der Waals surface area contributed by atoms with E-state index < -0.39 is 11.1 Å². The predicted molar refractivity (Wildman–Crippen MR) is 128 cm³/mol. The van der Waals surface area contributed by atoms with Gasteiger partial charge in [-0.25, -0.2) is 0 Å². The van der Waals surface area contributed by atoms with E-state index in [0.717, 1.165) is 16.7 Å². The molecule has 1 aliphatic rings. The molecule has 3 amide bonds. The number of rotatable bonds is 7. The highest BCUT2D eigenvalue weighted by atomic mass is 32.2. The maximum absolute atomic E-state index is 12.7. The van der Waals surface area contributed by atoms with E-state index >= 15 is 0 Å². The van der Waals surface area contributed by atoms with E-state index in [2.05, 4.69) is 5.32 Å². The lowest BCUT2D eigenvalue weighted by atomic mass is 10.1. The van der Waals surface area contributed by atoms with E-state index in [9.17, 15) is 24.6 Å². The molecule has 1 fully saturated rings. The molecule has 9 heteroatoms. The van der Waals surface area contributed by atoms with Gasteiger partial charge in [0.05, 0.1) is 11.4 Å². The number of para-hydroxylation sites is 2. The molecule has 0 aromatic heterocycles. The van der Waals surface area contributed by atoms with Crippen molar-refractivity contribution in [2.45, 2.75) is 6.54 Å². The largest absolute Gasteiger partial charge is 0.504 e. The summed E-state index contributed by atoms with van der Waals surface area (Å²) in [5.41, 5.74) is 1.49. The summed E-state index contributed by atoms with van der Waals surface area (Å²) < 4.78 is 5.41. The molecule has 34 heavy (non-hydrogen) atoms. The van der Waals surface area contributed by atoms with Crippen molar-refractivity contribution in [2.75, 3.05) is 11.9 Å². The molecular weight excluding hydrogens is 456 g/mol. The Labute approximate surface area is 199 Å². The van der Waals surface area contributed by atoms with E-state index in [4.69, 9.17) is 4.74 Å². The lowest BCUT2D eigenvalue weighted by Gasteiger charge is -2.13. The summed E-state index contributed by atoms with van der Waals surface area (Å²) in [6, 6.07) is 20.1. The number of phenols is 2. The Morgan fingerprint density at radius 2 is 1.71 bits per heavy atom. The van der Waals surface area contributed by atoms with Gasteiger partial charge < -0.3 is 20.3 Å². The summed E-state index contributed by atoms with van der Waals surface area (Å²) in [5.74, 6) is -0.887. The van der Waals surface area contributed by atoms with Gasteiger partial charge in [0, 0.05) is 11.3 Å². The van der Waals surface area contributed by atoms with Gasteiger partial charge in [0.25, 0.3) is 17.1 Å². The van der Waals surface area contributed by atoms with E-state index in [1.165, 1.54) is 24.3 Å². The minimum Gasteiger partial charge on any atom is -0.504 e. The highest BCUT2D eigenvalue weighted by Gasteiger charge is 2.35. The number of nitrogens with zero attached hydrogens (tertiary/aromatic N) is 1. The van der Waals surface area contributed by atoms with Gasteiger partial charge in [-0.2, -0.15) is 0 Å². The molecule has 3 aromatic carbocycles. The molecule has 8 nitrogen and oxygen atoms in total. The molecule has 3 N–H and O–H groups in total. The molecule has 0 atom stereocenters. The molecule has 0 spiro atoms. The maximum atomic E-state index is 12.7. The van der Waals surface area contributed by atoms with Crippen molar-refractivity contribution in [1.82, 2.24) is 4.90 Å². The summed E-state index contributed by atoms with van der Waals surface area (Å²) in [4.78, 5) is 38.4. The molecular formula is C25H20N2O6S. The molecule has 0 saturated carbocycles. The first-order valence-corrected chi connectivity index (χ1v) is 11.1. The first-order chi connectivity index (χ1) is 16.4. The first-order valence-electron chi connectivity index (χ1n) is 10.2. The second kappa shape index (κ2) is 10.1. The number of hydrogen-bond donors (Lipinski definition) is 3. The van der Waals surface area contributed by atoms with E-state index in [1.54, 1.807) is 36.4 Å². The van der Waals surface area contributed by atoms with Crippen LogP contribution in [0.3, 0.4) is 0 Å². The lowest BCUT2D eigenvalue weighted by molar-refractivity contribution is -0.123. The van der Waals surface area contributed by atoms with Crippen molar-refractivity contribution in [3.8, 4) is 17.2 Å². The van der Waals surface area contributed by atoms with Crippen LogP contribution in [-0.2, 0) is 16.1 Å². The van der Waals surface area contributed by atoms with Crippen molar-refractivity contribution in [3.05, 3.63) is 88.8 Å². The van der Waals surface area contributed by atoms with Gasteiger partial charge in [-0.1, -0.05) is 42.5 Å². The van der Waals surface area contributed by atoms with Crippen LogP contribution < -0.4 is 10.1 Å². The molecule has 172 valence electrons. The normalized spacial score (nSPS) is 14.5. The van der Waals surface area contributed by atoms with Crippen LogP contribution in [-0.4, -0.2) is 38.8 Å². The topological polar surface area (TPSA) is 116 Å². The van der Waals surface area contributed by atoms with E-state index in [-0.39, 0.29) is 41.0 Å². The summed E-state index contributed by atoms with van der Waals surface area (Å²) in [5, 5.41) is 21.8. The zero-order valence-corrected chi connectivity index (χ0v) is 18.6. The zero-order valence-electron chi connectivity index (χ0n) is 17.8. The summed E-state index contributed by atoms with van der Waals surface area (Å²) in [6.07, 6.45) is 1.37. The maximum Gasteiger partial charge on any atom is 0.293 e. The number of carbonyl (C=O) groups excluding carboxylic acids is 3. The number of amides is 3. The Morgan fingerprint density at radius 3 is 2.44 bits per heavy atom. The average Bonchev–Trinajstić information content (AvgIpc) is 3.10. The quantitative estimate of drug-likeness (QED) is 0.343. The Morgan fingerprint density at radius 1 is 0.971 bits per heavy atom. The Balaban J connectivity index is 1.36. The summed E-state index contributed by atoms with van der Waals surface area (Å²) in [7, 11) is 0. The minimum atomic E-state index is -0.492. The van der Waals surface area contributed by atoms with Crippen LogP contribution in [0.2, 0.25) is 0 Å². The Bertz CT molecular complexity index is 1260. The van der Waals surface area contributed by atoms with Crippen LogP contribution >= 0.6 is 11.8 Å². The number of ether oxygens (including phenoxy) is 1. The number of anilines is 1. The first kappa shape index (κ1) is 22.9. The third-order valence-corrected chi connectivity index (χ3v) is 5.81. The molecule has 1 saturated heterocycles. The number of phenolic OH excluding ortho intramolecular Hbond substituents is 2. The molecule has 0 radical (unpaired) electrons. The van der Waals surface area contributed by atoms with Gasteiger partial charge in [-0.05, 0) is 53.7 Å². The van der Waals surface area contributed by atoms with E-state index in [1.807, 2.05) is 18.2 Å². The number of benzene rings is 3. The monoisotopic (exact) mass is 476 g/mol. The van der Waals surface area contributed by atoms with Crippen molar-refractivity contribution < 1.29 is 29.3 Å². The Kier molecular flexibility index (Phi) is 6.84. The van der Waals surface area contributed by atoms with Crippen LogP contribution in [0.1, 0.15) is 11.1 Å². The Hall–Kier alpha value is -4.24. The fraction of sp³-hybridized carbons (Fsp3) is 0.0800. The van der Waals surface area contributed by atoms with Crippen LogP contribution in [0, 0.1) is 0 Å². The highest BCUT2D eigenvalue weighted by molar-refractivity contribution is 8.18. The van der Waals surface area contributed by atoms with Crippen molar-refractivity contribution in [1.29, 1.82) is 0 Å². The van der Waals surface area contributed by atoms with Crippen LogP contribution in [0.25, 0.3) is 6.08 Å². The van der Waals surface area contributed by atoms with Gasteiger partial charge in [-0.3, -0.25) is 19.3 Å². The van der Waals surface area contributed by atoms with Gasteiger partial charge in [0.2, 0.25) is 0 Å². The zero-order chi connectivity index (χ0) is 24.1. The average molecular weight is 477 g/mol. The van der Waals surface area contributed by atoms with Gasteiger partial charge in [0.1, 0.15) is 5.75 Å². The third kappa shape index (κ3) is 5.38. The lowest BCUT2D eigenvalue weighted by Crippen LogP contribution is -2.27. The van der Waals surface area contributed by atoms with Crippen molar-refractivity contribution >= 4 is 40.6 Å². The molecule has 4 rings (SSSR count). The molecule has 0 aliphatic carbocycles. The number of thioether (sulfide) groups is 1.